The number of aromatic nitrogens is 1. The first-order valence-electron chi connectivity index (χ1n) is 7.25. The Morgan fingerprint density at radius 2 is 2.00 bits per heavy atom. The van der Waals surface area contributed by atoms with Gasteiger partial charge in [-0.3, -0.25) is 4.79 Å². The van der Waals surface area contributed by atoms with Gasteiger partial charge in [-0.25, -0.2) is 0 Å². The number of carbonyl (C=O) groups excluding carboxylic acids is 1. The minimum absolute atomic E-state index is 0.00853. The van der Waals surface area contributed by atoms with Crippen molar-refractivity contribution in [1.82, 2.24) is 4.98 Å². The number of amides is 1. The Balaban J connectivity index is 1.70. The van der Waals surface area contributed by atoms with Crippen molar-refractivity contribution in [3.05, 3.63) is 60.3 Å². The van der Waals surface area contributed by atoms with Crippen LogP contribution in [0.1, 0.15) is 5.56 Å². The fourth-order valence-electron chi connectivity index (χ4n) is 2.47. The zero-order valence-corrected chi connectivity index (χ0v) is 12.8. The Morgan fingerprint density at radius 3 is 2.82 bits per heavy atom. The summed E-state index contributed by atoms with van der Waals surface area (Å²) in [4.78, 5) is 17.4. The number of anilines is 2. The van der Waals surface area contributed by atoms with Crippen LogP contribution in [0, 0.1) is 0 Å². The summed E-state index contributed by atoms with van der Waals surface area (Å²) in [6.45, 7) is 0. The van der Waals surface area contributed by atoms with E-state index in [2.05, 4.69) is 10.3 Å². The summed E-state index contributed by atoms with van der Waals surface area (Å²) in [6.07, 6.45) is 2.27. The Bertz CT molecular complexity index is 805. The quantitative estimate of drug-likeness (QED) is 0.774. The number of hydrogen-bond acceptors (Lipinski definition) is 2. The van der Waals surface area contributed by atoms with Crippen molar-refractivity contribution in [2.75, 3.05) is 24.3 Å². The second kappa shape index (κ2) is 5.93. The third kappa shape index (κ3) is 3.11. The number of nitrogens with zero attached hydrogens (tertiary/aromatic N) is 1. The predicted octanol–water partition coefficient (Wildman–Crippen LogP) is 3.42. The molecule has 3 aromatic rings. The van der Waals surface area contributed by atoms with E-state index >= 15 is 0 Å². The monoisotopic (exact) mass is 293 g/mol. The van der Waals surface area contributed by atoms with E-state index in [-0.39, 0.29) is 5.91 Å². The molecule has 0 saturated carbocycles. The molecule has 0 saturated heterocycles. The topological polar surface area (TPSA) is 48.1 Å². The lowest BCUT2D eigenvalue weighted by Gasteiger charge is -2.14. The molecule has 3 rings (SSSR count). The number of aromatic amines is 1. The van der Waals surface area contributed by atoms with Crippen molar-refractivity contribution in [3.63, 3.8) is 0 Å². The van der Waals surface area contributed by atoms with Gasteiger partial charge in [0.05, 0.1) is 6.42 Å². The highest BCUT2D eigenvalue weighted by molar-refractivity contribution is 5.93. The van der Waals surface area contributed by atoms with Crippen LogP contribution in [0.3, 0.4) is 0 Å². The van der Waals surface area contributed by atoms with Crippen molar-refractivity contribution in [1.29, 1.82) is 0 Å². The van der Waals surface area contributed by atoms with Gasteiger partial charge in [0.2, 0.25) is 5.91 Å². The van der Waals surface area contributed by atoms with Gasteiger partial charge in [0, 0.05) is 37.2 Å². The molecule has 1 aromatic heterocycles. The SMILES string of the molecule is CN(C)c1cccc(NC(=O)Cc2ccc3[nH]ccc3c2)c1. The summed E-state index contributed by atoms with van der Waals surface area (Å²) in [7, 11) is 3.96. The van der Waals surface area contributed by atoms with E-state index in [1.165, 1.54) is 0 Å². The number of benzene rings is 2. The Kier molecular flexibility index (Phi) is 3.83. The van der Waals surface area contributed by atoms with Gasteiger partial charge in [0.15, 0.2) is 0 Å². The van der Waals surface area contributed by atoms with E-state index in [1.807, 2.05) is 73.7 Å². The van der Waals surface area contributed by atoms with E-state index < -0.39 is 0 Å². The van der Waals surface area contributed by atoms with Crippen LogP contribution in [0.2, 0.25) is 0 Å². The van der Waals surface area contributed by atoms with Gasteiger partial charge in [0.25, 0.3) is 0 Å². The molecule has 0 fully saturated rings. The summed E-state index contributed by atoms with van der Waals surface area (Å²) in [6, 6.07) is 15.9. The predicted molar refractivity (Wildman–Crippen MR) is 91.4 cm³/mol. The van der Waals surface area contributed by atoms with Crippen LogP contribution in [0.15, 0.2) is 54.7 Å². The van der Waals surface area contributed by atoms with Crippen LogP contribution in [0.5, 0.6) is 0 Å². The number of fused-ring (bicyclic) bond motifs is 1. The maximum Gasteiger partial charge on any atom is 0.228 e. The molecule has 112 valence electrons. The maximum atomic E-state index is 12.2. The molecule has 4 nitrogen and oxygen atoms in total. The lowest BCUT2D eigenvalue weighted by atomic mass is 10.1. The molecule has 0 radical (unpaired) electrons. The van der Waals surface area contributed by atoms with Crippen molar-refractivity contribution < 1.29 is 4.79 Å². The second-order valence-corrected chi connectivity index (χ2v) is 5.57. The van der Waals surface area contributed by atoms with E-state index in [9.17, 15) is 4.79 Å². The second-order valence-electron chi connectivity index (χ2n) is 5.57. The maximum absolute atomic E-state index is 12.2. The Labute approximate surface area is 129 Å². The molecule has 4 heteroatoms. The van der Waals surface area contributed by atoms with Gasteiger partial charge in [-0.1, -0.05) is 12.1 Å². The number of H-pyrrole nitrogens is 1. The lowest BCUT2D eigenvalue weighted by molar-refractivity contribution is -0.115. The molecule has 0 spiro atoms. The molecule has 22 heavy (non-hydrogen) atoms. The molecule has 1 amide bonds. The number of hydrogen-bond donors (Lipinski definition) is 2. The molecule has 1 heterocycles. The smallest absolute Gasteiger partial charge is 0.228 e. The molecule has 0 aliphatic carbocycles. The van der Waals surface area contributed by atoms with Gasteiger partial charge < -0.3 is 15.2 Å². The van der Waals surface area contributed by atoms with Crippen molar-refractivity contribution in [2.24, 2.45) is 0 Å². The summed E-state index contributed by atoms with van der Waals surface area (Å²) in [5.74, 6) is -0.00853. The van der Waals surface area contributed by atoms with Crippen LogP contribution in [-0.4, -0.2) is 25.0 Å². The van der Waals surface area contributed by atoms with Crippen molar-refractivity contribution in [3.8, 4) is 0 Å². The average Bonchev–Trinajstić information content (AvgIpc) is 2.95. The van der Waals surface area contributed by atoms with Gasteiger partial charge in [-0.05, 0) is 47.3 Å². The highest BCUT2D eigenvalue weighted by Crippen LogP contribution is 2.18. The minimum atomic E-state index is -0.00853. The zero-order chi connectivity index (χ0) is 15.5. The molecular weight excluding hydrogens is 274 g/mol. The minimum Gasteiger partial charge on any atom is -0.378 e. The van der Waals surface area contributed by atoms with E-state index in [1.54, 1.807) is 0 Å². The summed E-state index contributed by atoms with van der Waals surface area (Å²) >= 11 is 0. The summed E-state index contributed by atoms with van der Waals surface area (Å²) in [5.41, 5.74) is 3.97. The fourth-order valence-corrected chi connectivity index (χ4v) is 2.47. The summed E-state index contributed by atoms with van der Waals surface area (Å²) < 4.78 is 0. The van der Waals surface area contributed by atoms with Gasteiger partial charge in [-0.15, -0.1) is 0 Å². The Morgan fingerprint density at radius 1 is 1.14 bits per heavy atom. The van der Waals surface area contributed by atoms with Crippen molar-refractivity contribution >= 4 is 28.2 Å². The molecule has 0 aliphatic rings. The van der Waals surface area contributed by atoms with Gasteiger partial charge >= 0.3 is 0 Å². The lowest BCUT2D eigenvalue weighted by Crippen LogP contribution is -2.15. The van der Waals surface area contributed by atoms with Gasteiger partial charge in [0.1, 0.15) is 0 Å². The largest absolute Gasteiger partial charge is 0.378 e. The summed E-state index contributed by atoms with van der Waals surface area (Å²) in [5, 5.41) is 4.08. The molecule has 0 unspecified atom stereocenters. The molecule has 2 aromatic carbocycles. The molecule has 0 aliphatic heterocycles. The van der Waals surface area contributed by atoms with Crippen LogP contribution in [0.4, 0.5) is 11.4 Å². The van der Waals surface area contributed by atoms with E-state index in [0.717, 1.165) is 27.8 Å². The van der Waals surface area contributed by atoms with Crippen molar-refractivity contribution in [2.45, 2.75) is 6.42 Å². The highest BCUT2D eigenvalue weighted by Gasteiger charge is 2.06. The standard InChI is InChI=1S/C18H19N3O/c1-21(2)16-5-3-4-15(12-16)20-18(22)11-13-6-7-17-14(10-13)8-9-19-17/h3-10,12,19H,11H2,1-2H3,(H,20,22). The number of nitrogens with one attached hydrogen (secondary N) is 2. The van der Waals surface area contributed by atoms with Crippen LogP contribution in [-0.2, 0) is 11.2 Å². The fraction of sp³-hybridized carbons (Fsp3) is 0.167. The molecule has 0 bridgehead atoms. The number of rotatable bonds is 4. The first kappa shape index (κ1) is 14.2. The first-order valence-corrected chi connectivity index (χ1v) is 7.25. The van der Waals surface area contributed by atoms with E-state index in [0.29, 0.717) is 6.42 Å². The van der Waals surface area contributed by atoms with Crippen LogP contribution in [0.25, 0.3) is 10.9 Å². The highest BCUT2D eigenvalue weighted by atomic mass is 16.1. The zero-order valence-electron chi connectivity index (χ0n) is 12.8. The Hall–Kier alpha value is -2.75. The normalized spacial score (nSPS) is 10.6. The molecule has 2 N–H and O–H groups in total. The number of carbonyl (C=O) groups is 1. The third-order valence-electron chi connectivity index (χ3n) is 3.63. The van der Waals surface area contributed by atoms with E-state index in [4.69, 9.17) is 0 Å². The molecule has 0 atom stereocenters. The third-order valence-corrected chi connectivity index (χ3v) is 3.63. The van der Waals surface area contributed by atoms with Gasteiger partial charge in [-0.2, -0.15) is 0 Å². The molecular formula is C18H19N3O. The first-order chi connectivity index (χ1) is 10.6. The average molecular weight is 293 g/mol. The van der Waals surface area contributed by atoms with Crippen LogP contribution >= 0.6 is 0 Å². The van der Waals surface area contributed by atoms with Crippen LogP contribution < -0.4 is 10.2 Å².